The zero-order chi connectivity index (χ0) is 15.2. The average molecular weight is 292 g/mol. The summed E-state index contributed by atoms with van der Waals surface area (Å²) in [5.41, 5.74) is 0.747. The molecule has 1 heterocycles. The van der Waals surface area contributed by atoms with Gasteiger partial charge in [0.05, 0.1) is 4.92 Å². The number of rotatable bonds is 5. The van der Waals surface area contributed by atoms with Crippen molar-refractivity contribution in [3.63, 3.8) is 0 Å². The molecular formula is C14H20N4O3. The lowest BCUT2D eigenvalue weighted by atomic mass is 10.2. The Morgan fingerprint density at radius 1 is 1.29 bits per heavy atom. The summed E-state index contributed by atoms with van der Waals surface area (Å²) in [5.74, 6) is 0.131. The van der Waals surface area contributed by atoms with Gasteiger partial charge in [-0.1, -0.05) is 12.1 Å². The molecule has 7 heteroatoms. The maximum Gasteiger partial charge on any atom is 0.292 e. The summed E-state index contributed by atoms with van der Waals surface area (Å²) in [6.45, 7) is 3.12. The molecule has 1 aliphatic heterocycles. The van der Waals surface area contributed by atoms with E-state index >= 15 is 0 Å². The molecule has 1 fully saturated rings. The fourth-order valence-electron chi connectivity index (χ4n) is 2.47. The molecule has 0 bridgehead atoms. The number of piperazine rings is 1. The third kappa shape index (κ3) is 3.69. The molecule has 0 saturated carbocycles. The quantitative estimate of drug-likeness (QED) is 0.643. The molecule has 0 unspecified atom stereocenters. The van der Waals surface area contributed by atoms with Gasteiger partial charge < -0.3 is 15.1 Å². The number of amides is 1. The minimum absolute atomic E-state index is 0.118. The molecule has 21 heavy (non-hydrogen) atoms. The number of para-hydroxylation sites is 2. The Balaban J connectivity index is 1.98. The van der Waals surface area contributed by atoms with E-state index in [-0.39, 0.29) is 16.5 Å². The van der Waals surface area contributed by atoms with E-state index in [0.29, 0.717) is 44.8 Å². The molecule has 1 aromatic rings. The smallest absolute Gasteiger partial charge is 0.292 e. The summed E-state index contributed by atoms with van der Waals surface area (Å²) >= 11 is 0. The second kappa shape index (κ2) is 7.03. The van der Waals surface area contributed by atoms with Crippen molar-refractivity contribution in [2.75, 3.05) is 44.7 Å². The van der Waals surface area contributed by atoms with E-state index in [9.17, 15) is 14.9 Å². The van der Waals surface area contributed by atoms with Gasteiger partial charge in [-0.3, -0.25) is 14.9 Å². The normalized spacial score (nSPS) is 15.1. The van der Waals surface area contributed by atoms with Gasteiger partial charge in [0.2, 0.25) is 5.91 Å². The molecule has 1 amide bonds. The summed E-state index contributed by atoms with van der Waals surface area (Å²) in [7, 11) is 1.82. The van der Waals surface area contributed by atoms with Gasteiger partial charge in [0.25, 0.3) is 5.69 Å². The fraction of sp³-hybridized carbons (Fsp3) is 0.500. The van der Waals surface area contributed by atoms with E-state index in [2.05, 4.69) is 5.32 Å². The van der Waals surface area contributed by atoms with Gasteiger partial charge in [-0.15, -0.1) is 0 Å². The lowest BCUT2D eigenvalue weighted by Crippen LogP contribution is -2.49. The van der Waals surface area contributed by atoms with E-state index in [1.165, 1.54) is 6.07 Å². The van der Waals surface area contributed by atoms with Crippen LogP contribution in [0.15, 0.2) is 24.3 Å². The van der Waals surface area contributed by atoms with Gasteiger partial charge in [-0.25, -0.2) is 0 Å². The first-order valence-electron chi connectivity index (χ1n) is 7.04. The lowest BCUT2D eigenvalue weighted by molar-refractivity contribution is -0.384. The van der Waals surface area contributed by atoms with Crippen molar-refractivity contribution in [3.8, 4) is 0 Å². The number of nitro benzene ring substituents is 1. The standard InChI is InChI=1S/C14H20N4O3/c1-15-7-6-14(19)17-10-8-16(9-11-17)12-4-2-3-5-13(12)18(20)21/h2-5,15H,6-11H2,1H3. The van der Waals surface area contributed by atoms with Gasteiger partial charge in [-0.2, -0.15) is 0 Å². The second-order valence-corrected chi connectivity index (χ2v) is 4.97. The summed E-state index contributed by atoms with van der Waals surface area (Å²) in [5, 5.41) is 14.0. The molecule has 0 spiro atoms. The molecule has 0 aromatic heterocycles. The van der Waals surface area contributed by atoms with Crippen LogP contribution in [0.3, 0.4) is 0 Å². The Morgan fingerprint density at radius 3 is 2.57 bits per heavy atom. The number of nitrogens with zero attached hydrogens (tertiary/aromatic N) is 3. The minimum atomic E-state index is -0.361. The van der Waals surface area contributed by atoms with Crippen molar-refractivity contribution in [2.45, 2.75) is 6.42 Å². The van der Waals surface area contributed by atoms with Crippen molar-refractivity contribution < 1.29 is 9.72 Å². The molecule has 0 aliphatic carbocycles. The molecule has 0 radical (unpaired) electrons. The molecule has 1 aromatic carbocycles. The van der Waals surface area contributed by atoms with Crippen LogP contribution < -0.4 is 10.2 Å². The van der Waals surface area contributed by atoms with Crippen molar-refractivity contribution in [3.05, 3.63) is 34.4 Å². The molecule has 114 valence electrons. The number of anilines is 1. The fourth-order valence-corrected chi connectivity index (χ4v) is 2.47. The van der Waals surface area contributed by atoms with E-state index in [4.69, 9.17) is 0 Å². The Morgan fingerprint density at radius 2 is 1.95 bits per heavy atom. The predicted molar refractivity (Wildman–Crippen MR) is 80.4 cm³/mol. The zero-order valence-corrected chi connectivity index (χ0v) is 12.1. The van der Waals surface area contributed by atoms with Crippen LogP contribution >= 0.6 is 0 Å². The highest BCUT2D eigenvalue weighted by atomic mass is 16.6. The van der Waals surface area contributed by atoms with Gasteiger partial charge in [0.15, 0.2) is 0 Å². The van der Waals surface area contributed by atoms with Crippen molar-refractivity contribution >= 4 is 17.3 Å². The van der Waals surface area contributed by atoms with Crippen LogP contribution in [0.2, 0.25) is 0 Å². The Kier molecular flexibility index (Phi) is 5.10. The summed E-state index contributed by atoms with van der Waals surface area (Å²) in [6.07, 6.45) is 0.488. The maximum absolute atomic E-state index is 11.9. The van der Waals surface area contributed by atoms with Crippen LogP contribution in [0.5, 0.6) is 0 Å². The van der Waals surface area contributed by atoms with Crippen LogP contribution in [-0.2, 0) is 4.79 Å². The highest BCUT2D eigenvalue weighted by Gasteiger charge is 2.24. The molecule has 7 nitrogen and oxygen atoms in total. The van der Waals surface area contributed by atoms with Crippen molar-refractivity contribution in [2.24, 2.45) is 0 Å². The number of hydrogen-bond donors (Lipinski definition) is 1. The van der Waals surface area contributed by atoms with Crippen LogP contribution in [0.4, 0.5) is 11.4 Å². The van der Waals surface area contributed by atoms with Crippen molar-refractivity contribution in [1.29, 1.82) is 0 Å². The van der Waals surface area contributed by atoms with Crippen LogP contribution in [0.1, 0.15) is 6.42 Å². The predicted octanol–water partition coefficient (Wildman–Crippen LogP) is 0.853. The molecular weight excluding hydrogens is 272 g/mol. The van der Waals surface area contributed by atoms with Crippen LogP contribution in [-0.4, -0.2) is 55.5 Å². The first-order chi connectivity index (χ1) is 10.1. The molecule has 1 aliphatic rings. The maximum atomic E-state index is 11.9. The lowest BCUT2D eigenvalue weighted by Gasteiger charge is -2.35. The highest BCUT2D eigenvalue weighted by molar-refractivity contribution is 5.77. The van der Waals surface area contributed by atoms with Gasteiger partial charge in [-0.05, 0) is 13.1 Å². The monoisotopic (exact) mass is 292 g/mol. The van der Waals surface area contributed by atoms with Crippen LogP contribution in [0.25, 0.3) is 0 Å². The largest absolute Gasteiger partial charge is 0.362 e. The number of carbonyl (C=O) groups excluding carboxylic acids is 1. The molecule has 1 N–H and O–H groups in total. The Labute approximate surface area is 123 Å². The SMILES string of the molecule is CNCCC(=O)N1CCN(c2ccccc2[N+](=O)[O-])CC1. The topological polar surface area (TPSA) is 78.7 Å². The third-order valence-electron chi connectivity index (χ3n) is 3.64. The Bertz CT molecular complexity index is 513. The highest BCUT2D eigenvalue weighted by Crippen LogP contribution is 2.28. The van der Waals surface area contributed by atoms with E-state index in [1.807, 2.05) is 16.8 Å². The summed E-state index contributed by atoms with van der Waals surface area (Å²) in [4.78, 5) is 26.4. The number of carbonyl (C=O) groups is 1. The number of nitrogens with one attached hydrogen (secondary N) is 1. The number of hydrogen-bond acceptors (Lipinski definition) is 5. The van der Waals surface area contributed by atoms with E-state index < -0.39 is 0 Å². The van der Waals surface area contributed by atoms with E-state index in [0.717, 1.165) is 0 Å². The minimum Gasteiger partial charge on any atom is -0.362 e. The first-order valence-corrected chi connectivity index (χ1v) is 7.04. The number of nitro groups is 1. The van der Waals surface area contributed by atoms with Gasteiger partial charge in [0, 0.05) is 45.2 Å². The van der Waals surface area contributed by atoms with Gasteiger partial charge in [0.1, 0.15) is 5.69 Å². The molecule has 0 atom stereocenters. The summed E-state index contributed by atoms with van der Waals surface area (Å²) < 4.78 is 0. The second-order valence-electron chi connectivity index (χ2n) is 4.97. The van der Waals surface area contributed by atoms with Crippen molar-refractivity contribution in [1.82, 2.24) is 10.2 Å². The van der Waals surface area contributed by atoms with Gasteiger partial charge >= 0.3 is 0 Å². The summed E-state index contributed by atoms with van der Waals surface area (Å²) in [6, 6.07) is 6.74. The van der Waals surface area contributed by atoms with E-state index in [1.54, 1.807) is 18.2 Å². The zero-order valence-electron chi connectivity index (χ0n) is 12.1. The third-order valence-corrected chi connectivity index (χ3v) is 3.64. The average Bonchev–Trinajstić information content (AvgIpc) is 2.52. The number of benzene rings is 1. The Hall–Kier alpha value is -2.15. The first kappa shape index (κ1) is 15.2. The molecule has 1 saturated heterocycles. The van der Waals surface area contributed by atoms with Crippen LogP contribution in [0, 0.1) is 10.1 Å². The molecule has 2 rings (SSSR count).